The van der Waals surface area contributed by atoms with Gasteiger partial charge in [0.25, 0.3) is 5.91 Å². The van der Waals surface area contributed by atoms with E-state index in [2.05, 4.69) is 84.1 Å². The number of aryl methyl sites for hydroxylation is 1. The maximum Gasteiger partial charge on any atom is 0.250 e. The monoisotopic (exact) mass is 478 g/mol. The predicted molar refractivity (Wildman–Crippen MR) is 139 cm³/mol. The Bertz CT molecular complexity index is 1460. The average Bonchev–Trinajstić information content (AvgIpc) is 3.49. The van der Waals surface area contributed by atoms with Gasteiger partial charge >= 0.3 is 0 Å². The van der Waals surface area contributed by atoms with Gasteiger partial charge in [0.05, 0.1) is 34.3 Å². The van der Waals surface area contributed by atoms with Crippen LogP contribution in [-0.2, 0) is 10.2 Å². The summed E-state index contributed by atoms with van der Waals surface area (Å²) in [5, 5.41) is 20.3. The molecule has 182 valence electrons. The second-order valence-corrected chi connectivity index (χ2v) is 10.5. The van der Waals surface area contributed by atoms with E-state index in [1.807, 2.05) is 36.0 Å². The third-order valence-electron chi connectivity index (χ3n) is 7.52. The van der Waals surface area contributed by atoms with Crippen molar-refractivity contribution in [1.29, 1.82) is 0 Å². The summed E-state index contributed by atoms with van der Waals surface area (Å²) in [6.07, 6.45) is 3.01. The summed E-state index contributed by atoms with van der Waals surface area (Å²) in [5.41, 5.74) is 6.87. The Morgan fingerprint density at radius 2 is 1.89 bits per heavy atom. The van der Waals surface area contributed by atoms with Crippen LogP contribution < -0.4 is 10.6 Å². The Balaban J connectivity index is 1.55. The largest absolute Gasteiger partial charge is 0.362 e. The molecule has 3 aliphatic heterocycles. The molecule has 2 aromatic carbocycles. The molecule has 0 saturated carbocycles. The van der Waals surface area contributed by atoms with E-state index in [1.165, 1.54) is 0 Å². The summed E-state index contributed by atoms with van der Waals surface area (Å²) >= 11 is 0. The normalized spacial score (nSPS) is 24.1. The molecule has 1 amide bonds. The fraction of sp³-hybridized carbons (Fsp3) is 0.310. The molecule has 2 atom stereocenters. The van der Waals surface area contributed by atoms with Crippen LogP contribution in [0.4, 0.5) is 0 Å². The minimum Gasteiger partial charge on any atom is -0.362 e. The maximum absolute atomic E-state index is 13.7. The van der Waals surface area contributed by atoms with E-state index in [0.717, 1.165) is 57.9 Å². The Hall–Kier alpha value is -4.00. The molecule has 3 aromatic rings. The summed E-state index contributed by atoms with van der Waals surface area (Å²) < 4.78 is 1.98. The molecule has 1 aromatic heterocycles. The third kappa shape index (κ3) is 3.33. The lowest BCUT2D eigenvalue weighted by molar-refractivity contribution is -0.120. The highest BCUT2D eigenvalue weighted by Crippen LogP contribution is 2.51. The summed E-state index contributed by atoms with van der Waals surface area (Å²) in [5.74, 6) is -0.0302. The number of hydrogen-bond donors (Lipinski definition) is 2. The van der Waals surface area contributed by atoms with Gasteiger partial charge in [-0.3, -0.25) is 4.79 Å². The Morgan fingerprint density at radius 3 is 2.67 bits per heavy atom. The Morgan fingerprint density at radius 1 is 1.08 bits per heavy atom. The van der Waals surface area contributed by atoms with Crippen LogP contribution in [0.15, 0.2) is 93.9 Å². The molecule has 7 heteroatoms. The molecule has 0 bridgehead atoms. The van der Waals surface area contributed by atoms with Crippen molar-refractivity contribution in [3.05, 3.63) is 95.0 Å². The van der Waals surface area contributed by atoms with Gasteiger partial charge in [0, 0.05) is 28.8 Å². The van der Waals surface area contributed by atoms with Gasteiger partial charge in [0.2, 0.25) is 0 Å². The number of para-hydroxylation sites is 1. The number of azo groups is 1. The van der Waals surface area contributed by atoms with Crippen molar-refractivity contribution in [3.63, 3.8) is 0 Å². The molecule has 36 heavy (non-hydrogen) atoms. The molecular formula is C29H30N6O. The average molecular weight is 479 g/mol. The molecule has 1 unspecified atom stereocenters. The van der Waals surface area contributed by atoms with Crippen LogP contribution in [0.2, 0.25) is 0 Å². The molecule has 3 aliphatic rings. The van der Waals surface area contributed by atoms with Crippen LogP contribution in [-0.4, -0.2) is 27.4 Å². The van der Waals surface area contributed by atoms with Gasteiger partial charge in [-0.25, -0.2) is 4.68 Å². The molecule has 6 rings (SSSR count). The third-order valence-corrected chi connectivity index (χ3v) is 7.52. The lowest BCUT2D eigenvalue weighted by Crippen LogP contribution is -2.58. The van der Waals surface area contributed by atoms with Crippen molar-refractivity contribution in [3.8, 4) is 16.9 Å². The fourth-order valence-corrected chi connectivity index (χ4v) is 6.02. The molecule has 4 heterocycles. The van der Waals surface area contributed by atoms with Gasteiger partial charge in [-0.15, -0.1) is 0 Å². The minimum atomic E-state index is -0.627. The number of fused-ring (bicyclic) bond motifs is 1. The molecule has 0 radical (unpaired) electrons. The first-order valence-corrected chi connectivity index (χ1v) is 12.5. The summed E-state index contributed by atoms with van der Waals surface area (Å²) in [4.78, 5) is 13.7. The van der Waals surface area contributed by atoms with Crippen LogP contribution in [0.5, 0.6) is 0 Å². The SMILES string of the molecule is CC[C@]1(c2cccc(-c3cc(C)nn3-c3ccccc3)c2)C2=CN=NC2NC2=C1C(=O)NC(C)(C)C2. The zero-order valence-corrected chi connectivity index (χ0v) is 21.0. The van der Waals surface area contributed by atoms with Crippen molar-refractivity contribution in [2.45, 2.75) is 57.7 Å². The number of nitrogens with one attached hydrogen (secondary N) is 2. The van der Waals surface area contributed by atoms with Gasteiger partial charge in [-0.1, -0.05) is 43.3 Å². The molecule has 2 N–H and O–H groups in total. The second kappa shape index (κ2) is 8.01. The van der Waals surface area contributed by atoms with Gasteiger partial charge in [-0.05, 0) is 57.0 Å². The zero-order chi connectivity index (χ0) is 25.1. The number of hydrogen-bond acceptors (Lipinski definition) is 5. The van der Waals surface area contributed by atoms with Crippen molar-refractivity contribution >= 4 is 5.91 Å². The molecule has 0 aliphatic carbocycles. The van der Waals surface area contributed by atoms with Gasteiger partial charge in [-0.2, -0.15) is 15.3 Å². The lowest BCUT2D eigenvalue weighted by Gasteiger charge is -2.48. The lowest BCUT2D eigenvalue weighted by atomic mass is 9.62. The van der Waals surface area contributed by atoms with Crippen molar-refractivity contribution in [2.24, 2.45) is 10.2 Å². The fourth-order valence-electron chi connectivity index (χ4n) is 6.02. The minimum absolute atomic E-state index is 0.0302. The van der Waals surface area contributed by atoms with Gasteiger partial charge < -0.3 is 10.6 Å². The topological polar surface area (TPSA) is 83.7 Å². The molecule has 0 saturated heterocycles. The van der Waals surface area contributed by atoms with Crippen LogP contribution in [0.25, 0.3) is 16.9 Å². The second-order valence-electron chi connectivity index (χ2n) is 10.5. The number of benzene rings is 2. The molecular weight excluding hydrogens is 448 g/mol. The van der Waals surface area contributed by atoms with Gasteiger partial charge in [0.15, 0.2) is 6.17 Å². The van der Waals surface area contributed by atoms with Crippen molar-refractivity contribution in [1.82, 2.24) is 20.4 Å². The predicted octanol–water partition coefficient (Wildman–Crippen LogP) is 5.33. The van der Waals surface area contributed by atoms with Crippen molar-refractivity contribution < 1.29 is 4.79 Å². The van der Waals surface area contributed by atoms with E-state index < -0.39 is 5.41 Å². The highest BCUT2D eigenvalue weighted by atomic mass is 16.2. The van der Waals surface area contributed by atoms with Crippen molar-refractivity contribution in [2.75, 3.05) is 0 Å². The van der Waals surface area contributed by atoms with Crippen LogP contribution >= 0.6 is 0 Å². The highest BCUT2D eigenvalue weighted by molar-refractivity contribution is 6.00. The first kappa shape index (κ1) is 22.5. The summed E-state index contributed by atoms with van der Waals surface area (Å²) in [7, 11) is 0. The highest BCUT2D eigenvalue weighted by Gasteiger charge is 2.53. The van der Waals surface area contributed by atoms with Crippen LogP contribution in [0.3, 0.4) is 0 Å². The number of nitrogens with zero attached hydrogens (tertiary/aromatic N) is 4. The van der Waals surface area contributed by atoms with Crippen LogP contribution in [0.1, 0.15) is 44.9 Å². The number of carbonyl (C=O) groups excluding carboxylic acids is 1. The van der Waals surface area contributed by atoms with E-state index in [4.69, 9.17) is 5.10 Å². The maximum atomic E-state index is 13.7. The summed E-state index contributed by atoms with van der Waals surface area (Å²) in [6, 6.07) is 20.8. The van der Waals surface area contributed by atoms with Crippen LogP contribution in [0, 0.1) is 6.92 Å². The number of amides is 1. The first-order valence-electron chi connectivity index (χ1n) is 12.5. The zero-order valence-electron chi connectivity index (χ0n) is 21.0. The number of aromatic nitrogens is 2. The Kier molecular flexibility index (Phi) is 5.00. The van der Waals surface area contributed by atoms with E-state index in [-0.39, 0.29) is 17.6 Å². The Labute approximate surface area is 211 Å². The molecule has 0 spiro atoms. The smallest absolute Gasteiger partial charge is 0.250 e. The van der Waals surface area contributed by atoms with E-state index >= 15 is 0 Å². The van der Waals surface area contributed by atoms with E-state index in [0.29, 0.717) is 0 Å². The number of carbonyl (C=O) groups is 1. The quantitative estimate of drug-likeness (QED) is 0.532. The standard InChI is InChI=1S/C29H30N6O/c1-5-29(22-17-30-33-26(22)31-23-16-28(3,4)32-27(36)25(23)29)20-11-9-10-19(15-20)24-14-18(2)34-35(24)21-12-7-6-8-13-21/h6-15,17,26,31H,5,16H2,1-4H3,(H,32,36)/t26?,29-/m0/s1. The van der Waals surface area contributed by atoms with E-state index in [1.54, 1.807) is 0 Å². The van der Waals surface area contributed by atoms with Gasteiger partial charge in [0.1, 0.15) is 0 Å². The number of rotatable bonds is 4. The molecule has 0 fully saturated rings. The molecule has 7 nitrogen and oxygen atoms in total. The van der Waals surface area contributed by atoms with E-state index in [9.17, 15) is 4.79 Å². The first-order chi connectivity index (χ1) is 17.3. The summed E-state index contributed by atoms with van der Waals surface area (Å²) in [6.45, 7) is 8.26.